The number of carbonyl (C=O) groups is 1. The lowest BCUT2D eigenvalue weighted by atomic mass is 9.91. The van der Waals surface area contributed by atoms with Gasteiger partial charge < -0.3 is 9.84 Å². The molecule has 0 aliphatic carbocycles. The van der Waals surface area contributed by atoms with Crippen molar-refractivity contribution in [2.45, 2.75) is 33.1 Å². The lowest BCUT2D eigenvalue weighted by molar-refractivity contribution is 0.0694. The number of hydrogen-bond donors (Lipinski definition) is 1. The minimum Gasteiger partial charge on any atom is -0.478 e. The molecule has 0 aromatic heterocycles. The van der Waals surface area contributed by atoms with Gasteiger partial charge >= 0.3 is 5.97 Å². The highest BCUT2D eigenvalue weighted by atomic mass is 16.5. The molecule has 0 saturated heterocycles. The van der Waals surface area contributed by atoms with E-state index in [0.717, 1.165) is 24.0 Å². The molecule has 126 valence electrons. The first kappa shape index (κ1) is 17.8. The van der Waals surface area contributed by atoms with E-state index in [1.165, 1.54) is 0 Å². The summed E-state index contributed by atoms with van der Waals surface area (Å²) in [5.41, 5.74) is 2.24. The van der Waals surface area contributed by atoms with E-state index in [2.05, 4.69) is 20.4 Å². The number of aromatic carboxylic acids is 1. The van der Waals surface area contributed by atoms with Crippen LogP contribution in [0.2, 0.25) is 0 Å². The summed E-state index contributed by atoms with van der Waals surface area (Å²) < 4.78 is 6.02. The molecule has 1 N–H and O–H groups in total. The van der Waals surface area contributed by atoms with E-state index >= 15 is 0 Å². The first-order valence-electron chi connectivity index (χ1n) is 8.28. The Kier molecular flexibility index (Phi) is 6.19. The number of para-hydroxylation sites is 1. The average Bonchev–Trinajstić information content (AvgIpc) is 2.58. The number of benzene rings is 2. The van der Waals surface area contributed by atoms with Crippen molar-refractivity contribution in [1.82, 2.24) is 0 Å². The average molecular weight is 324 g/mol. The predicted octanol–water partition coefficient (Wildman–Crippen LogP) is 5.49. The van der Waals surface area contributed by atoms with Crippen molar-refractivity contribution in [3.63, 3.8) is 0 Å². The molecule has 0 fully saturated rings. The van der Waals surface area contributed by atoms with Gasteiger partial charge in [-0.15, -0.1) is 6.58 Å². The molecule has 0 radical (unpaired) electrons. The molecule has 3 nitrogen and oxygen atoms in total. The van der Waals surface area contributed by atoms with Crippen LogP contribution in [0.25, 0.3) is 0 Å². The van der Waals surface area contributed by atoms with Crippen LogP contribution in [0.1, 0.15) is 41.8 Å². The van der Waals surface area contributed by atoms with Gasteiger partial charge in [-0.05, 0) is 48.1 Å². The van der Waals surface area contributed by atoms with Gasteiger partial charge in [-0.2, -0.15) is 0 Å². The molecule has 0 aliphatic rings. The second kappa shape index (κ2) is 8.34. The summed E-state index contributed by atoms with van der Waals surface area (Å²) in [6.45, 7) is 8.11. The van der Waals surface area contributed by atoms with Crippen LogP contribution >= 0.6 is 0 Å². The molecule has 1 unspecified atom stereocenters. The Morgan fingerprint density at radius 1 is 1.25 bits per heavy atom. The van der Waals surface area contributed by atoms with Gasteiger partial charge in [0.2, 0.25) is 0 Å². The number of ether oxygens (including phenoxy) is 1. The van der Waals surface area contributed by atoms with Crippen LogP contribution in [0.4, 0.5) is 0 Å². The first-order valence-corrected chi connectivity index (χ1v) is 8.28. The molecule has 0 heterocycles. The van der Waals surface area contributed by atoms with Crippen LogP contribution < -0.4 is 4.74 Å². The van der Waals surface area contributed by atoms with Crippen LogP contribution in [0.3, 0.4) is 0 Å². The molecule has 1 atom stereocenters. The molecule has 0 spiro atoms. The van der Waals surface area contributed by atoms with Crippen molar-refractivity contribution in [1.29, 1.82) is 0 Å². The molecule has 0 bridgehead atoms. The maximum Gasteiger partial charge on any atom is 0.339 e. The quantitative estimate of drug-likeness (QED) is 0.653. The molecular formula is C21H24O3. The third kappa shape index (κ3) is 4.25. The summed E-state index contributed by atoms with van der Waals surface area (Å²) in [6.07, 6.45) is 4.33. The highest BCUT2D eigenvalue weighted by molar-refractivity contribution is 5.92. The van der Waals surface area contributed by atoms with Crippen LogP contribution in [-0.4, -0.2) is 11.1 Å². The third-order valence-corrected chi connectivity index (χ3v) is 4.16. The van der Waals surface area contributed by atoms with Gasteiger partial charge in [0.25, 0.3) is 0 Å². The standard InChI is InChI=1S/C21H24O3/c1-4-9-16-12-13-18(21(22)23)20(19(16)14-15(3)5-2)24-17-10-7-6-8-11-17/h4,6-8,10-13,15H,1,5,9,14H2,2-3H3,(H,22,23). The van der Waals surface area contributed by atoms with Gasteiger partial charge in [-0.1, -0.05) is 50.6 Å². The molecular weight excluding hydrogens is 300 g/mol. The van der Waals surface area contributed by atoms with E-state index in [4.69, 9.17) is 4.74 Å². The molecule has 2 aromatic rings. The first-order chi connectivity index (χ1) is 11.6. The fourth-order valence-corrected chi connectivity index (χ4v) is 2.62. The van der Waals surface area contributed by atoms with Crippen LogP contribution in [-0.2, 0) is 12.8 Å². The zero-order valence-corrected chi connectivity index (χ0v) is 14.3. The van der Waals surface area contributed by atoms with Crippen LogP contribution in [0.15, 0.2) is 55.1 Å². The van der Waals surface area contributed by atoms with E-state index in [0.29, 0.717) is 23.8 Å². The lowest BCUT2D eigenvalue weighted by Crippen LogP contribution is -2.09. The summed E-state index contributed by atoms with van der Waals surface area (Å²) in [6, 6.07) is 12.8. The van der Waals surface area contributed by atoms with Crippen molar-refractivity contribution >= 4 is 5.97 Å². The van der Waals surface area contributed by atoms with E-state index in [1.807, 2.05) is 42.5 Å². The van der Waals surface area contributed by atoms with Crippen molar-refractivity contribution < 1.29 is 14.6 Å². The molecule has 3 heteroatoms. The molecule has 0 saturated carbocycles. The Hall–Kier alpha value is -2.55. The molecule has 24 heavy (non-hydrogen) atoms. The molecule has 2 rings (SSSR count). The number of carboxylic acids is 1. The minimum atomic E-state index is -0.975. The maximum absolute atomic E-state index is 11.7. The Morgan fingerprint density at radius 3 is 2.54 bits per heavy atom. The van der Waals surface area contributed by atoms with Crippen LogP contribution in [0.5, 0.6) is 11.5 Å². The number of hydrogen-bond acceptors (Lipinski definition) is 2. The van der Waals surface area contributed by atoms with Gasteiger partial charge in [0, 0.05) is 0 Å². The third-order valence-electron chi connectivity index (χ3n) is 4.16. The summed E-state index contributed by atoms with van der Waals surface area (Å²) in [5, 5.41) is 9.58. The Bertz CT molecular complexity index is 705. The summed E-state index contributed by atoms with van der Waals surface area (Å²) >= 11 is 0. The van der Waals surface area contributed by atoms with Crippen LogP contribution in [0, 0.1) is 5.92 Å². The minimum absolute atomic E-state index is 0.199. The topological polar surface area (TPSA) is 46.5 Å². The van der Waals surface area contributed by atoms with Gasteiger partial charge in [0.05, 0.1) is 0 Å². The smallest absolute Gasteiger partial charge is 0.339 e. The van der Waals surface area contributed by atoms with E-state index in [9.17, 15) is 9.90 Å². The summed E-state index contributed by atoms with van der Waals surface area (Å²) in [7, 11) is 0. The fourth-order valence-electron chi connectivity index (χ4n) is 2.62. The van der Waals surface area contributed by atoms with Crippen molar-refractivity contribution in [2.24, 2.45) is 5.92 Å². The molecule has 0 amide bonds. The fraction of sp³-hybridized carbons (Fsp3) is 0.286. The second-order valence-corrected chi connectivity index (χ2v) is 6.01. The van der Waals surface area contributed by atoms with Gasteiger partial charge in [-0.25, -0.2) is 4.79 Å². The van der Waals surface area contributed by atoms with E-state index in [-0.39, 0.29) is 5.56 Å². The number of carboxylic acid groups (broad SMARTS) is 1. The SMILES string of the molecule is C=CCc1ccc(C(=O)O)c(Oc2ccccc2)c1CC(C)CC. The highest BCUT2D eigenvalue weighted by Crippen LogP contribution is 2.34. The highest BCUT2D eigenvalue weighted by Gasteiger charge is 2.20. The second-order valence-electron chi connectivity index (χ2n) is 6.01. The van der Waals surface area contributed by atoms with Crippen molar-refractivity contribution in [3.8, 4) is 11.5 Å². The lowest BCUT2D eigenvalue weighted by Gasteiger charge is -2.19. The Morgan fingerprint density at radius 2 is 1.96 bits per heavy atom. The molecule has 0 aliphatic heterocycles. The predicted molar refractivity (Wildman–Crippen MR) is 97.0 cm³/mol. The summed E-state index contributed by atoms with van der Waals surface area (Å²) in [5.74, 6) is 0.557. The van der Waals surface area contributed by atoms with Crippen molar-refractivity contribution in [3.05, 3.63) is 71.8 Å². The zero-order chi connectivity index (χ0) is 17.5. The van der Waals surface area contributed by atoms with E-state index in [1.54, 1.807) is 6.07 Å². The monoisotopic (exact) mass is 324 g/mol. The summed E-state index contributed by atoms with van der Waals surface area (Å²) in [4.78, 5) is 11.7. The van der Waals surface area contributed by atoms with Gasteiger partial charge in [0.1, 0.15) is 17.1 Å². The normalized spacial score (nSPS) is 11.8. The van der Waals surface area contributed by atoms with E-state index < -0.39 is 5.97 Å². The van der Waals surface area contributed by atoms with Gasteiger partial charge in [0.15, 0.2) is 0 Å². The number of rotatable bonds is 8. The maximum atomic E-state index is 11.7. The Balaban J connectivity index is 2.57. The van der Waals surface area contributed by atoms with Crippen molar-refractivity contribution in [2.75, 3.05) is 0 Å². The molecule has 2 aromatic carbocycles. The Labute approximate surface area is 143 Å². The number of allylic oxidation sites excluding steroid dienone is 1. The zero-order valence-electron chi connectivity index (χ0n) is 14.3. The van der Waals surface area contributed by atoms with Gasteiger partial charge in [-0.3, -0.25) is 0 Å². The largest absolute Gasteiger partial charge is 0.478 e.